The fourth-order valence-electron chi connectivity index (χ4n) is 1.15. The van der Waals surface area contributed by atoms with Crippen LogP contribution in [0.3, 0.4) is 0 Å². The van der Waals surface area contributed by atoms with E-state index < -0.39 is 20.2 Å². The Hall–Kier alpha value is -1.24. The topological polar surface area (TPSA) is 43.4 Å². The molecule has 1 aromatic carbocycles. The van der Waals surface area contributed by atoms with Gasteiger partial charge in [0.1, 0.15) is 5.75 Å². The number of aryl methyl sites for hydroxylation is 1. The molecule has 0 aromatic heterocycles. The summed E-state index contributed by atoms with van der Waals surface area (Å²) in [5.74, 6) is 0.334. The molecule has 0 aliphatic carbocycles. The Kier molecular flexibility index (Phi) is 3.18. The van der Waals surface area contributed by atoms with Gasteiger partial charge in [-0.3, -0.25) is 0 Å². The molecular formula is C9H9F3O3S. The molecule has 0 spiro atoms. The third kappa shape index (κ3) is 2.13. The minimum atomic E-state index is -5.28. The molecule has 1 rings (SSSR count). The molecule has 0 unspecified atom stereocenters. The van der Waals surface area contributed by atoms with Crippen LogP contribution in [-0.2, 0) is 9.84 Å². The zero-order chi connectivity index (χ0) is 12.6. The smallest absolute Gasteiger partial charge is 0.496 e. The first-order chi connectivity index (χ1) is 7.20. The van der Waals surface area contributed by atoms with Gasteiger partial charge in [0, 0.05) is 0 Å². The Morgan fingerprint density at radius 3 is 2.19 bits per heavy atom. The van der Waals surface area contributed by atoms with Crippen LogP contribution in [0, 0.1) is 6.92 Å². The average molecular weight is 254 g/mol. The van der Waals surface area contributed by atoms with Gasteiger partial charge in [-0.15, -0.1) is 0 Å². The first-order valence-electron chi connectivity index (χ1n) is 4.16. The minimum Gasteiger partial charge on any atom is -0.496 e. The molecule has 7 heteroatoms. The summed E-state index contributed by atoms with van der Waals surface area (Å²) in [6.45, 7) is 1.47. The molecule has 0 saturated carbocycles. The maximum absolute atomic E-state index is 12.2. The van der Waals surface area contributed by atoms with Crippen molar-refractivity contribution < 1.29 is 26.3 Å². The van der Waals surface area contributed by atoms with Crippen LogP contribution in [0.5, 0.6) is 5.75 Å². The van der Waals surface area contributed by atoms with Crippen molar-refractivity contribution in [3.8, 4) is 5.75 Å². The van der Waals surface area contributed by atoms with Crippen LogP contribution in [0.15, 0.2) is 23.1 Å². The van der Waals surface area contributed by atoms with Crippen molar-refractivity contribution in [1.29, 1.82) is 0 Å². The van der Waals surface area contributed by atoms with Crippen LogP contribution >= 0.6 is 0 Å². The van der Waals surface area contributed by atoms with Crippen molar-refractivity contribution in [2.24, 2.45) is 0 Å². The summed E-state index contributed by atoms with van der Waals surface area (Å²) in [5.41, 5.74) is -4.96. The van der Waals surface area contributed by atoms with Crippen LogP contribution in [0.25, 0.3) is 0 Å². The lowest BCUT2D eigenvalue weighted by molar-refractivity contribution is -0.0436. The van der Waals surface area contributed by atoms with Gasteiger partial charge in [0.15, 0.2) is 0 Å². The van der Waals surface area contributed by atoms with Crippen LogP contribution in [0.2, 0.25) is 0 Å². The maximum Gasteiger partial charge on any atom is 0.501 e. The first-order valence-corrected chi connectivity index (χ1v) is 5.64. The second kappa shape index (κ2) is 3.97. The molecule has 16 heavy (non-hydrogen) atoms. The van der Waals surface area contributed by atoms with Crippen LogP contribution < -0.4 is 4.74 Å². The summed E-state index contributed by atoms with van der Waals surface area (Å²) in [6, 6.07) is 2.99. The van der Waals surface area contributed by atoms with Gasteiger partial charge in [-0.25, -0.2) is 8.42 Å². The number of hydrogen-bond donors (Lipinski definition) is 0. The fourth-order valence-corrected chi connectivity index (χ4v) is 2.00. The molecule has 90 valence electrons. The summed E-state index contributed by atoms with van der Waals surface area (Å²) < 4.78 is 63.5. The molecular weight excluding hydrogens is 245 g/mol. The molecule has 0 N–H and O–H groups in total. The van der Waals surface area contributed by atoms with E-state index in [1.807, 2.05) is 0 Å². The summed E-state index contributed by atoms with van der Waals surface area (Å²) >= 11 is 0. The highest BCUT2D eigenvalue weighted by Gasteiger charge is 2.46. The Morgan fingerprint density at radius 1 is 1.25 bits per heavy atom. The van der Waals surface area contributed by atoms with E-state index in [0.29, 0.717) is 11.3 Å². The number of benzene rings is 1. The molecule has 0 amide bonds. The van der Waals surface area contributed by atoms with Gasteiger partial charge in [0.2, 0.25) is 0 Å². The number of hydrogen-bond acceptors (Lipinski definition) is 3. The zero-order valence-electron chi connectivity index (χ0n) is 8.50. The highest BCUT2D eigenvalue weighted by atomic mass is 32.2. The molecule has 0 bridgehead atoms. The molecule has 0 radical (unpaired) electrons. The summed E-state index contributed by atoms with van der Waals surface area (Å²) in [5, 5.41) is 0. The van der Waals surface area contributed by atoms with Crippen molar-refractivity contribution >= 4 is 9.84 Å². The van der Waals surface area contributed by atoms with Gasteiger partial charge < -0.3 is 4.74 Å². The summed E-state index contributed by atoms with van der Waals surface area (Å²) in [7, 11) is -3.93. The van der Waals surface area contributed by atoms with E-state index in [1.54, 1.807) is 0 Å². The van der Waals surface area contributed by atoms with Crippen LogP contribution in [0.4, 0.5) is 13.2 Å². The van der Waals surface area contributed by atoms with E-state index in [1.165, 1.54) is 20.1 Å². The molecule has 0 atom stereocenters. The van der Waals surface area contributed by atoms with Crippen molar-refractivity contribution in [3.63, 3.8) is 0 Å². The normalized spacial score (nSPS) is 12.6. The SMILES string of the molecule is COc1ccc(S(=O)(=O)C(F)(F)F)cc1C. The number of rotatable bonds is 2. The van der Waals surface area contributed by atoms with E-state index in [0.717, 1.165) is 12.1 Å². The van der Waals surface area contributed by atoms with Crippen molar-refractivity contribution in [1.82, 2.24) is 0 Å². The molecule has 1 aromatic rings. The second-order valence-electron chi connectivity index (χ2n) is 3.08. The average Bonchev–Trinajstić information content (AvgIpc) is 2.15. The van der Waals surface area contributed by atoms with Crippen LogP contribution in [0.1, 0.15) is 5.56 Å². The molecule has 0 aliphatic heterocycles. The van der Waals surface area contributed by atoms with E-state index >= 15 is 0 Å². The number of alkyl halides is 3. The Labute approximate surface area is 90.8 Å². The van der Waals surface area contributed by atoms with E-state index in [-0.39, 0.29) is 0 Å². The Bertz CT molecular complexity index is 491. The van der Waals surface area contributed by atoms with Gasteiger partial charge >= 0.3 is 5.51 Å². The van der Waals surface area contributed by atoms with Gasteiger partial charge in [-0.1, -0.05) is 0 Å². The lowest BCUT2D eigenvalue weighted by Crippen LogP contribution is -2.23. The van der Waals surface area contributed by atoms with Gasteiger partial charge in [-0.05, 0) is 30.7 Å². The van der Waals surface area contributed by atoms with Crippen molar-refractivity contribution in [3.05, 3.63) is 23.8 Å². The minimum absolute atomic E-state index is 0.327. The predicted molar refractivity (Wildman–Crippen MR) is 51.0 cm³/mol. The fraction of sp³-hybridized carbons (Fsp3) is 0.333. The summed E-state index contributed by atoms with van der Waals surface area (Å²) in [6.07, 6.45) is 0. The Balaban J connectivity index is 3.32. The molecule has 0 aliphatic rings. The second-order valence-corrected chi connectivity index (χ2v) is 5.02. The molecule has 3 nitrogen and oxygen atoms in total. The number of sulfone groups is 1. The largest absolute Gasteiger partial charge is 0.501 e. The summed E-state index contributed by atoms with van der Waals surface area (Å²) in [4.78, 5) is -0.779. The van der Waals surface area contributed by atoms with Crippen molar-refractivity contribution in [2.75, 3.05) is 7.11 Å². The number of halogens is 3. The number of methoxy groups -OCH3 is 1. The third-order valence-corrected chi connectivity index (χ3v) is 3.47. The standard InChI is InChI=1S/C9H9F3O3S/c1-6-5-7(3-4-8(6)15-2)16(13,14)9(10,11)12/h3-5H,1-2H3. The zero-order valence-corrected chi connectivity index (χ0v) is 9.32. The maximum atomic E-state index is 12.2. The van der Waals surface area contributed by atoms with E-state index in [2.05, 4.69) is 0 Å². The van der Waals surface area contributed by atoms with Gasteiger partial charge in [0.25, 0.3) is 9.84 Å². The van der Waals surface area contributed by atoms with E-state index in [4.69, 9.17) is 4.74 Å². The van der Waals surface area contributed by atoms with Crippen LogP contribution in [-0.4, -0.2) is 21.0 Å². The molecule has 0 saturated heterocycles. The monoisotopic (exact) mass is 254 g/mol. The third-order valence-electron chi connectivity index (χ3n) is 1.98. The highest BCUT2D eigenvalue weighted by Crippen LogP contribution is 2.32. The van der Waals surface area contributed by atoms with Gasteiger partial charge in [0.05, 0.1) is 12.0 Å². The number of ether oxygens (including phenoxy) is 1. The van der Waals surface area contributed by atoms with E-state index in [9.17, 15) is 21.6 Å². The first kappa shape index (κ1) is 12.8. The Morgan fingerprint density at radius 2 is 1.81 bits per heavy atom. The lowest BCUT2D eigenvalue weighted by atomic mass is 10.2. The molecule has 0 heterocycles. The van der Waals surface area contributed by atoms with Gasteiger partial charge in [-0.2, -0.15) is 13.2 Å². The highest BCUT2D eigenvalue weighted by molar-refractivity contribution is 7.92. The molecule has 0 fully saturated rings. The predicted octanol–water partition coefficient (Wildman–Crippen LogP) is 2.30. The lowest BCUT2D eigenvalue weighted by Gasteiger charge is -2.10. The van der Waals surface area contributed by atoms with Crippen molar-refractivity contribution in [2.45, 2.75) is 17.3 Å². The quantitative estimate of drug-likeness (QED) is 0.813.